The number of hydrogen-bond acceptors (Lipinski definition) is 5. The molecule has 2 aromatic carbocycles. The second-order valence-corrected chi connectivity index (χ2v) is 7.50. The molecule has 0 radical (unpaired) electrons. The molecule has 4 rings (SSSR count). The van der Waals surface area contributed by atoms with Gasteiger partial charge in [0.15, 0.2) is 11.5 Å². The van der Waals surface area contributed by atoms with Crippen LogP contribution in [0.25, 0.3) is 17.0 Å². The summed E-state index contributed by atoms with van der Waals surface area (Å²) < 4.78 is 11.3. The lowest BCUT2D eigenvalue weighted by Crippen LogP contribution is -2.30. The molecule has 1 aromatic heterocycles. The number of nitrogens with zero attached hydrogens (tertiary/aromatic N) is 2. The van der Waals surface area contributed by atoms with Gasteiger partial charge in [0, 0.05) is 19.0 Å². The quantitative estimate of drug-likeness (QED) is 0.611. The second kappa shape index (κ2) is 9.22. The highest BCUT2D eigenvalue weighted by molar-refractivity contribution is 6.32. The van der Waals surface area contributed by atoms with Crippen molar-refractivity contribution in [3.8, 4) is 11.5 Å². The Bertz CT molecular complexity index is 1210. The van der Waals surface area contributed by atoms with E-state index in [1.807, 2.05) is 13.0 Å². The fourth-order valence-electron chi connectivity index (χ4n) is 3.36. The van der Waals surface area contributed by atoms with E-state index in [1.54, 1.807) is 41.3 Å². The van der Waals surface area contributed by atoms with Crippen molar-refractivity contribution in [2.24, 2.45) is 0 Å². The van der Waals surface area contributed by atoms with E-state index in [0.717, 1.165) is 12.0 Å². The van der Waals surface area contributed by atoms with Crippen LogP contribution < -0.4 is 15.0 Å². The molecule has 0 unspecified atom stereocenters. The number of carbonyl (C=O) groups excluding carboxylic acids is 1. The van der Waals surface area contributed by atoms with Gasteiger partial charge in [0.1, 0.15) is 5.82 Å². The molecule has 0 aliphatic carbocycles. The summed E-state index contributed by atoms with van der Waals surface area (Å²) in [4.78, 5) is 33.9. The molecule has 0 atom stereocenters. The number of aromatic amines is 1. The van der Waals surface area contributed by atoms with Crippen LogP contribution in [-0.2, 0) is 11.3 Å². The fraction of sp³-hybridized carbons (Fsp3) is 0.261. The molecule has 1 aliphatic heterocycles. The van der Waals surface area contributed by atoms with Gasteiger partial charge in [0.05, 0.1) is 35.7 Å². The Hall–Kier alpha value is -3.32. The van der Waals surface area contributed by atoms with E-state index in [2.05, 4.69) is 9.97 Å². The SMILES string of the molecule is CCN(Cc1nc2ccccc2c(=O)[nH]1)C(=O)/C=C/c1cc(Cl)c2c(c1)OCCCO2. The normalized spacial score (nSPS) is 13.4. The zero-order valence-electron chi connectivity index (χ0n) is 17.1. The number of benzene rings is 2. The van der Waals surface area contributed by atoms with Crippen LogP contribution in [0.1, 0.15) is 24.7 Å². The first-order chi connectivity index (χ1) is 15.0. The topological polar surface area (TPSA) is 84.5 Å². The van der Waals surface area contributed by atoms with E-state index in [1.165, 1.54) is 6.08 Å². The molecule has 8 heteroatoms. The third kappa shape index (κ3) is 4.72. The molecule has 31 heavy (non-hydrogen) atoms. The summed E-state index contributed by atoms with van der Waals surface area (Å²) >= 11 is 6.32. The number of H-pyrrole nitrogens is 1. The van der Waals surface area contributed by atoms with E-state index < -0.39 is 0 Å². The van der Waals surface area contributed by atoms with Gasteiger partial charge in [-0.25, -0.2) is 4.98 Å². The van der Waals surface area contributed by atoms with E-state index in [4.69, 9.17) is 21.1 Å². The van der Waals surface area contributed by atoms with Crippen LogP contribution in [0, 0.1) is 0 Å². The Labute approximate surface area is 184 Å². The Balaban J connectivity index is 1.52. The van der Waals surface area contributed by atoms with Crippen LogP contribution in [0.5, 0.6) is 11.5 Å². The van der Waals surface area contributed by atoms with Crippen LogP contribution in [0.4, 0.5) is 0 Å². The summed E-state index contributed by atoms with van der Waals surface area (Å²) in [6, 6.07) is 10.6. The summed E-state index contributed by atoms with van der Waals surface area (Å²) in [7, 11) is 0. The van der Waals surface area contributed by atoms with Crippen molar-refractivity contribution in [2.45, 2.75) is 19.9 Å². The number of hydrogen-bond donors (Lipinski definition) is 1. The summed E-state index contributed by atoms with van der Waals surface area (Å²) in [5.41, 5.74) is 1.11. The molecule has 0 saturated heterocycles. The lowest BCUT2D eigenvalue weighted by atomic mass is 10.2. The highest BCUT2D eigenvalue weighted by Crippen LogP contribution is 2.38. The monoisotopic (exact) mass is 439 g/mol. The maximum Gasteiger partial charge on any atom is 0.258 e. The number of ether oxygens (including phenoxy) is 2. The molecule has 160 valence electrons. The molecule has 3 aromatic rings. The molecular formula is C23H22ClN3O4. The van der Waals surface area contributed by atoms with Crippen molar-refractivity contribution < 1.29 is 14.3 Å². The molecule has 7 nitrogen and oxygen atoms in total. The molecule has 0 fully saturated rings. The van der Waals surface area contributed by atoms with Crippen LogP contribution in [-0.4, -0.2) is 40.5 Å². The molecule has 0 bridgehead atoms. The Morgan fingerprint density at radius 1 is 1.26 bits per heavy atom. The summed E-state index contributed by atoms with van der Waals surface area (Å²) in [6.45, 7) is 3.63. The van der Waals surface area contributed by atoms with E-state index in [-0.39, 0.29) is 18.0 Å². The standard InChI is InChI=1S/C23H22ClN3O4/c1-2-27(14-20-25-18-7-4-3-6-16(18)23(29)26-20)21(28)9-8-15-12-17(24)22-19(13-15)30-10-5-11-31-22/h3-4,6-9,12-13H,2,5,10-11,14H2,1H3,(H,25,26,29)/b9-8+. The van der Waals surface area contributed by atoms with Crippen molar-refractivity contribution in [2.75, 3.05) is 19.8 Å². The fourth-order valence-corrected chi connectivity index (χ4v) is 3.63. The van der Waals surface area contributed by atoms with Crippen LogP contribution in [0.2, 0.25) is 5.02 Å². The van der Waals surface area contributed by atoms with Gasteiger partial charge in [-0.3, -0.25) is 9.59 Å². The number of halogens is 1. The number of carbonyl (C=O) groups is 1. The van der Waals surface area contributed by atoms with Gasteiger partial charge in [-0.15, -0.1) is 0 Å². The van der Waals surface area contributed by atoms with E-state index >= 15 is 0 Å². The van der Waals surface area contributed by atoms with Gasteiger partial charge in [0.25, 0.3) is 5.56 Å². The third-order valence-corrected chi connectivity index (χ3v) is 5.22. The maximum atomic E-state index is 12.8. The average molecular weight is 440 g/mol. The Morgan fingerprint density at radius 3 is 2.90 bits per heavy atom. The van der Waals surface area contributed by atoms with E-state index in [0.29, 0.717) is 53.0 Å². The molecule has 2 heterocycles. The molecular weight excluding hydrogens is 418 g/mol. The number of rotatable bonds is 5. The first-order valence-electron chi connectivity index (χ1n) is 10.1. The zero-order valence-corrected chi connectivity index (χ0v) is 17.8. The van der Waals surface area contributed by atoms with Crippen molar-refractivity contribution in [1.29, 1.82) is 0 Å². The minimum absolute atomic E-state index is 0.196. The average Bonchev–Trinajstić information content (AvgIpc) is 3.02. The van der Waals surface area contributed by atoms with Gasteiger partial charge >= 0.3 is 0 Å². The van der Waals surface area contributed by atoms with Crippen molar-refractivity contribution in [3.05, 3.63) is 69.2 Å². The molecule has 1 aliphatic rings. The molecule has 1 amide bonds. The minimum Gasteiger partial charge on any atom is -0.489 e. The van der Waals surface area contributed by atoms with Crippen LogP contribution in [0.3, 0.4) is 0 Å². The number of amides is 1. The number of para-hydroxylation sites is 1. The first kappa shape index (κ1) is 20.9. The van der Waals surface area contributed by atoms with Gasteiger partial charge in [0.2, 0.25) is 5.91 Å². The number of fused-ring (bicyclic) bond motifs is 2. The molecule has 0 spiro atoms. The smallest absolute Gasteiger partial charge is 0.258 e. The second-order valence-electron chi connectivity index (χ2n) is 7.10. The van der Waals surface area contributed by atoms with Gasteiger partial charge < -0.3 is 19.4 Å². The van der Waals surface area contributed by atoms with Crippen molar-refractivity contribution in [3.63, 3.8) is 0 Å². The Kier molecular flexibility index (Phi) is 6.23. The van der Waals surface area contributed by atoms with Gasteiger partial charge in [-0.05, 0) is 42.8 Å². The number of aromatic nitrogens is 2. The van der Waals surface area contributed by atoms with Crippen LogP contribution in [0.15, 0.2) is 47.3 Å². The summed E-state index contributed by atoms with van der Waals surface area (Å²) in [5.74, 6) is 1.33. The van der Waals surface area contributed by atoms with Crippen LogP contribution >= 0.6 is 11.6 Å². The maximum absolute atomic E-state index is 12.8. The summed E-state index contributed by atoms with van der Waals surface area (Å²) in [5, 5.41) is 0.962. The highest BCUT2D eigenvalue weighted by atomic mass is 35.5. The molecule has 0 saturated carbocycles. The van der Waals surface area contributed by atoms with Crippen molar-refractivity contribution >= 4 is 34.5 Å². The summed E-state index contributed by atoms with van der Waals surface area (Å²) in [6.07, 6.45) is 3.94. The predicted octanol–water partition coefficient (Wildman–Crippen LogP) is 3.80. The predicted molar refractivity (Wildman–Crippen MR) is 120 cm³/mol. The van der Waals surface area contributed by atoms with E-state index in [9.17, 15) is 9.59 Å². The molecule has 1 N–H and O–H groups in total. The van der Waals surface area contributed by atoms with Gasteiger partial charge in [-0.1, -0.05) is 23.7 Å². The third-order valence-electron chi connectivity index (χ3n) is 4.94. The largest absolute Gasteiger partial charge is 0.489 e. The number of likely N-dealkylation sites (N-methyl/N-ethyl adjacent to an activating group) is 1. The number of nitrogens with one attached hydrogen (secondary N) is 1. The minimum atomic E-state index is -0.221. The first-order valence-corrected chi connectivity index (χ1v) is 10.5. The lowest BCUT2D eigenvalue weighted by Gasteiger charge is -2.18. The Morgan fingerprint density at radius 2 is 2.06 bits per heavy atom. The highest BCUT2D eigenvalue weighted by Gasteiger charge is 2.16. The van der Waals surface area contributed by atoms with Gasteiger partial charge in [-0.2, -0.15) is 0 Å². The lowest BCUT2D eigenvalue weighted by molar-refractivity contribution is -0.126. The zero-order chi connectivity index (χ0) is 21.8. The van der Waals surface area contributed by atoms with Crippen molar-refractivity contribution in [1.82, 2.24) is 14.9 Å².